The summed E-state index contributed by atoms with van der Waals surface area (Å²) in [7, 11) is 0. The predicted molar refractivity (Wildman–Crippen MR) is 94.2 cm³/mol. The summed E-state index contributed by atoms with van der Waals surface area (Å²) in [4.78, 5) is 36.1. The van der Waals surface area contributed by atoms with Crippen LogP contribution < -0.4 is 15.8 Å². The van der Waals surface area contributed by atoms with Gasteiger partial charge in [-0.2, -0.15) is 0 Å². The number of oxazole rings is 1. The molecule has 3 aromatic rings. The number of benzene rings is 2. The predicted octanol–water partition coefficient (Wildman–Crippen LogP) is 2.65. The van der Waals surface area contributed by atoms with E-state index in [9.17, 15) is 14.4 Å². The zero-order chi connectivity index (χ0) is 18.3. The monoisotopic (exact) mass is 352 g/mol. The molecule has 0 saturated heterocycles. The number of carbonyl (C=O) groups excluding carboxylic acids is 2. The molecule has 1 amide bonds. The van der Waals surface area contributed by atoms with Gasteiger partial charge in [-0.15, -0.1) is 0 Å². The maximum absolute atomic E-state index is 12.5. The Morgan fingerprint density at radius 3 is 2.85 bits per heavy atom. The third-order valence-corrected chi connectivity index (χ3v) is 4.44. The molecule has 0 saturated carbocycles. The number of ether oxygens (including phenoxy) is 1. The number of hydrogen-bond donors (Lipinski definition) is 1. The molecular weight excluding hydrogens is 336 g/mol. The molecule has 0 spiro atoms. The van der Waals surface area contributed by atoms with Gasteiger partial charge in [0.15, 0.2) is 5.58 Å². The Balaban J connectivity index is 1.59. The summed E-state index contributed by atoms with van der Waals surface area (Å²) >= 11 is 0. The van der Waals surface area contributed by atoms with Gasteiger partial charge in [-0.25, -0.2) is 9.59 Å². The molecular formula is C19H16N2O5. The van der Waals surface area contributed by atoms with Crippen molar-refractivity contribution in [3.05, 3.63) is 58.6 Å². The summed E-state index contributed by atoms with van der Waals surface area (Å²) in [5.41, 5.74) is 2.59. The second-order valence-electron chi connectivity index (χ2n) is 6.17. The van der Waals surface area contributed by atoms with E-state index in [0.717, 1.165) is 11.3 Å². The number of para-hydroxylation sites is 2. The molecule has 0 radical (unpaired) electrons. The van der Waals surface area contributed by atoms with Gasteiger partial charge in [-0.05, 0) is 49.2 Å². The van der Waals surface area contributed by atoms with Crippen LogP contribution in [0, 0.1) is 0 Å². The van der Waals surface area contributed by atoms with Gasteiger partial charge in [0.05, 0.1) is 5.52 Å². The van der Waals surface area contributed by atoms with E-state index in [1.54, 1.807) is 49.4 Å². The molecule has 1 atom stereocenters. The maximum atomic E-state index is 12.5. The first-order valence-corrected chi connectivity index (χ1v) is 8.27. The zero-order valence-corrected chi connectivity index (χ0v) is 14.0. The molecule has 7 heteroatoms. The molecule has 0 unspecified atom stereocenters. The van der Waals surface area contributed by atoms with Gasteiger partial charge in [0.1, 0.15) is 11.8 Å². The molecule has 1 N–H and O–H groups in total. The van der Waals surface area contributed by atoms with Crippen LogP contribution in [-0.2, 0) is 16.0 Å². The second-order valence-corrected chi connectivity index (χ2v) is 6.17. The molecule has 1 aliphatic heterocycles. The maximum Gasteiger partial charge on any atom is 0.420 e. The van der Waals surface area contributed by atoms with E-state index in [2.05, 4.69) is 5.32 Å². The number of esters is 1. The Morgan fingerprint density at radius 2 is 2.00 bits per heavy atom. The van der Waals surface area contributed by atoms with Crippen LogP contribution in [0.1, 0.15) is 24.9 Å². The van der Waals surface area contributed by atoms with Crippen LogP contribution in [0.15, 0.2) is 51.7 Å². The molecule has 1 aromatic heterocycles. The molecule has 7 nitrogen and oxygen atoms in total. The molecule has 0 bridgehead atoms. The molecule has 2 heterocycles. The number of amides is 1. The Kier molecular flexibility index (Phi) is 3.84. The van der Waals surface area contributed by atoms with Crippen molar-refractivity contribution in [3.8, 4) is 5.75 Å². The van der Waals surface area contributed by atoms with Crippen LogP contribution in [0.4, 0.5) is 5.69 Å². The van der Waals surface area contributed by atoms with Crippen LogP contribution in [0.25, 0.3) is 11.1 Å². The van der Waals surface area contributed by atoms with Crippen LogP contribution in [0.5, 0.6) is 5.75 Å². The Labute approximate surface area is 148 Å². The number of aromatic nitrogens is 1. The van der Waals surface area contributed by atoms with Gasteiger partial charge in [0, 0.05) is 12.1 Å². The summed E-state index contributed by atoms with van der Waals surface area (Å²) in [5, 5.41) is 2.78. The van der Waals surface area contributed by atoms with Crippen molar-refractivity contribution in [3.63, 3.8) is 0 Å². The van der Waals surface area contributed by atoms with Crippen molar-refractivity contribution < 1.29 is 18.7 Å². The normalized spacial score (nSPS) is 14.6. The van der Waals surface area contributed by atoms with E-state index in [0.29, 0.717) is 29.7 Å². The van der Waals surface area contributed by atoms with Gasteiger partial charge in [0.2, 0.25) is 5.91 Å². The first-order chi connectivity index (χ1) is 12.5. The van der Waals surface area contributed by atoms with E-state index in [4.69, 9.17) is 9.15 Å². The van der Waals surface area contributed by atoms with Crippen molar-refractivity contribution in [1.82, 2.24) is 4.57 Å². The molecule has 2 aromatic carbocycles. The van der Waals surface area contributed by atoms with Gasteiger partial charge in [-0.3, -0.25) is 9.36 Å². The number of aryl methyl sites for hydroxylation is 1. The van der Waals surface area contributed by atoms with Gasteiger partial charge in [0.25, 0.3) is 0 Å². The second kappa shape index (κ2) is 6.18. The number of hydrogen-bond acceptors (Lipinski definition) is 5. The first-order valence-electron chi connectivity index (χ1n) is 8.27. The lowest BCUT2D eigenvalue weighted by atomic mass is 10.0. The zero-order valence-electron chi connectivity index (χ0n) is 14.0. The van der Waals surface area contributed by atoms with Gasteiger partial charge >= 0.3 is 11.7 Å². The van der Waals surface area contributed by atoms with E-state index in [1.165, 1.54) is 4.57 Å². The summed E-state index contributed by atoms with van der Waals surface area (Å²) in [5.74, 6) is -0.832. The average Bonchev–Trinajstić information content (AvgIpc) is 2.96. The van der Waals surface area contributed by atoms with Crippen LogP contribution in [-0.4, -0.2) is 16.4 Å². The SMILES string of the molecule is C[C@@H](C(=O)Oc1ccc2c(c1)CCC(=O)N2)n1c(=O)oc2ccccc21. The molecule has 132 valence electrons. The number of carbonyl (C=O) groups is 2. The highest BCUT2D eigenvalue weighted by atomic mass is 16.5. The van der Waals surface area contributed by atoms with Crippen molar-refractivity contribution >= 4 is 28.7 Å². The quantitative estimate of drug-likeness (QED) is 0.578. The average molecular weight is 352 g/mol. The Morgan fingerprint density at radius 1 is 1.19 bits per heavy atom. The summed E-state index contributed by atoms with van der Waals surface area (Å²) < 4.78 is 11.9. The number of nitrogens with one attached hydrogen (secondary N) is 1. The fraction of sp³-hybridized carbons (Fsp3) is 0.211. The Bertz CT molecular complexity index is 1080. The topological polar surface area (TPSA) is 90.5 Å². The molecule has 0 aliphatic carbocycles. The smallest absolute Gasteiger partial charge is 0.420 e. The summed E-state index contributed by atoms with van der Waals surface area (Å²) in [6, 6.07) is 11.1. The highest BCUT2D eigenvalue weighted by Gasteiger charge is 2.24. The molecule has 4 rings (SSSR count). The third kappa shape index (κ3) is 2.77. The van der Waals surface area contributed by atoms with Gasteiger partial charge < -0.3 is 14.5 Å². The van der Waals surface area contributed by atoms with E-state index in [1.807, 2.05) is 0 Å². The number of anilines is 1. The summed E-state index contributed by atoms with van der Waals surface area (Å²) in [6.45, 7) is 1.59. The van der Waals surface area contributed by atoms with E-state index in [-0.39, 0.29) is 5.91 Å². The minimum atomic E-state index is -0.845. The van der Waals surface area contributed by atoms with Gasteiger partial charge in [-0.1, -0.05) is 12.1 Å². The third-order valence-electron chi connectivity index (χ3n) is 4.44. The lowest BCUT2D eigenvalue weighted by molar-refractivity contribution is -0.137. The standard InChI is InChI=1S/C19H16N2O5/c1-11(21-15-4-2-3-5-16(15)26-19(21)24)18(23)25-13-7-8-14-12(10-13)6-9-17(22)20-14/h2-5,7-8,10-11H,6,9H2,1H3,(H,20,22)/t11-/m0/s1. The molecule has 1 aliphatic rings. The fourth-order valence-corrected chi connectivity index (χ4v) is 3.08. The molecule has 0 fully saturated rings. The lowest BCUT2D eigenvalue weighted by Crippen LogP contribution is -2.28. The first kappa shape index (κ1) is 16.1. The minimum Gasteiger partial charge on any atom is -0.425 e. The van der Waals surface area contributed by atoms with Crippen molar-refractivity contribution in [1.29, 1.82) is 0 Å². The van der Waals surface area contributed by atoms with E-state index < -0.39 is 17.8 Å². The van der Waals surface area contributed by atoms with Crippen molar-refractivity contribution in [2.75, 3.05) is 5.32 Å². The number of rotatable bonds is 3. The highest BCUT2D eigenvalue weighted by molar-refractivity contribution is 5.94. The Hall–Kier alpha value is -3.35. The minimum absolute atomic E-state index is 0.0259. The van der Waals surface area contributed by atoms with Crippen molar-refractivity contribution in [2.45, 2.75) is 25.8 Å². The molecule has 26 heavy (non-hydrogen) atoms. The fourth-order valence-electron chi connectivity index (χ4n) is 3.08. The summed E-state index contributed by atoms with van der Waals surface area (Å²) in [6.07, 6.45) is 0.991. The van der Waals surface area contributed by atoms with E-state index >= 15 is 0 Å². The van der Waals surface area contributed by atoms with Crippen LogP contribution >= 0.6 is 0 Å². The highest BCUT2D eigenvalue weighted by Crippen LogP contribution is 2.27. The van der Waals surface area contributed by atoms with Crippen LogP contribution in [0.3, 0.4) is 0 Å². The van der Waals surface area contributed by atoms with Crippen LogP contribution in [0.2, 0.25) is 0 Å². The van der Waals surface area contributed by atoms with Crippen molar-refractivity contribution in [2.24, 2.45) is 0 Å². The lowest BCUT2D eigenvalue weighted by Gasteiger charge is -2.18. The number of fused-ring (bicyclic) bond motifs is 2. The largest absolute Gasteiger partial charge is 0.425 e. The number of nitrogens with zero attached hydrogens (tertiary/aromatic N) is 1.